The Kier molecular flexibility index (Phi) is 17.5. The van der Waals surface area contributed by atoms with Crippen molar-refractivity contribution in [1.82, 2.24) is 15.1 Å². The first-order chi connectivity index (χ1) is 32.4. The molecule has 0 saturated heterocycles. The van der Waals surface area contributed by atoms with Gasteiger partial charge in [-0.05, 0) is 123 Å². The van der Waals surface area contributed by atoms with E-state index in [0.29, 0.717) is 29.1 Å². The van der Waals surface area contributed by atoms with Gasteiger partial charge in [0.25, 0.3) is 5.91 Å². The highest BCUT2D eigenvalue weighted by molar-refractivity contribution is 7.12. The third-order valence-electron chi connectivity index (χ3n) is 9.67. The summed E-state index contributed by atoms with van der Waals surface area (Å²) in [5.74, 6) is -1.81. The quantitative estimate of drug-likeness (QED) is 0.0589. The summed E-state index contributed by atoms with van der Waals surface area (Å²) in [7, 11) is 0. The number of ether oxygens (including phenoxy) is 5. The zero-order chi connectivity index (χ0) is 50.7. The number of hydrogen-bond donors (Lipinski definition) is 2. The highest BCUT2D eigenvalue weighted by Crippen LogP contribution is 2.30. The predicted molar refractivity (Wildman–Crippen MR) is 259 cm³/mol. The monoisotopic (exact) mass is 967 g/mol. The van der Waals surface area contributed by atoms with Gasteiger partial charge < -0.3 is 33.9 Å². The number of thiophene rings is 1. The van der Waals surface area contributed by atoms with Crippen LogP contribution in [0.4, 0.5) is 24.9 Å². The van der Waals surface area contributed by atoms with Gasteiger partial charge in [0, 0.05) is 46.1 Å². The molecule has 0 fully saturated rings. The number of amides is 6. The Morgan fingerprint density at radius 1 is 0.739 bits per heavy atom. The Morgan fingerprint density at radius 2 is 1.33 bits per heavy atom. The molecule has 0 saturated carbocycles. The zero-order valence-electron chi connectivity index (χ0n) is 40.8. The van der Waals surface area contributed by atoms with E-state index in [1.54, 1.807) is 98.4 Å². The maximum atomic E-state index is 14.5. The molecule has 18 heteroatoms. The lowest BCUT2D eigenvalue weighted by atomic mass is 10.0. The number of carbonyl (C=O) groups excluding carboxylic acids is 7. The summed E-state index contributed by atoms with van der Waals surface area (Å²) < 4.78 is 27.0. The van der Waals surface area contributed by atoms with Gasteiger partial charge in [0.2, 0.25) is 5.91 Å². The summed E-state index contributed by atoms with van der Waals surface area (Å²) in [6.45, 7) is 17.2. The van der Waals surface area contributed by atoms with Gasteiger partial charge in [-0.1, -0.05) is 54.6 Å². The Morgan fingerprint density at radius 3 is 1.91 bits per heavy atom. The van der Waals surface area contributed by atoms with Crippen LogP contribution in [0.25, 0.3) is 0 Å². The lowest BCUT2D eigenvalue weighted by Crippen LogP contribution is -2.50. The van der Waals surface area contributed by atoms with Crippen molar-refractivity contribution in [2.24, 2.45) is 4.99 Å². The van der Waals surface area contributed by atoms with Gasteiger partial charge in [-0.2, -0.15) is 9.89 Å². The number of anilines is 1. The summed E-state index contributed by atoms with van der Waals surface area (Å²) in [5, 5.41) is 5.60. The Labute approximate surface area is 406 Å². The number of esters is 1. The van der Waals surface area contributed by atoms with Crippen LogP contribution in [0.15, 0.2) is 89.9 Å². The Bertz CT molecular complexity index is 2490. The highest BCUT2D eigenvalue weighted by Gasteiger charge is 2.37. The zero-order valence-corrected chi connectivity index (χ0v) is 41.6. The van der Waals surface area contributed by atoms with Gasteiger partial charge in [0.1, 0.15) is 29.5 Å². The van der Waals surface area contributed by atoms with Gasteiger partial charge in [-0.3, -0.25) is 19.7 Å². The van der Waals surface area contributed by atoms with Gasteiger partial charge >= 0.3 is 30.3 Å². The number of imide groups is 1. The third kappa shape index (κ3) is 16.6. The second kappa shape index (κ2) is 22.8. The van der Waals surface area contributed by atoms with Crippen LogP contribution >= 0.6 is 11.3 Å². The minimum absolute atomic E-state index is 0.0432. The Balaban J connectivity index is 1.42. The van der Waals surface area contributed by atoms with E-state index in [9.17, 15) is 33.6 Å². The fourth-order valence-corrected chi connectivity index (χ4v) is 7.93. The van der Waals surface area contributed by atoms with Crippen molar-refractivity contribution in [2.75, 3.05) is 18.5 Å². The molecular weight excluding hydrogens is 907 g/mol. The highest BCUT2D eigenvalue weighted by atomic mass is 32.1. The SMILES string of the molecule is CCOC(=O)Cc1cc2c(s1)CCN(C(=O)[C@H](Cc1ccc(NC(=O)OCc3ccccc3)cc1)NC(=O)c1ccc(C(=NC(=O)OC(C)(C)C)N(C(=O)OC(C)(C)C)C(=O)OC(C)(C)C)cc1)C2. The number of amidine groups is 1. The molecule has 0 aliphatic carbocycles. The normalized spacial score (nSPS) is 13.2. The van der Waals surface area contributed by atoms with Crippen LogP contribution in [0.5, 0.6) is 0 Å². The molecular formula is C51H61N5O12S. The summed E-state index contributed by atoms with van der Waals surface area (Å²) in [4.78, 5) is 102. The number of benzene rings is 3. The van der Waals surface area contributed by atoms with Crippen LogP contribution in [0.3, 0.4) is 0 Å². The molecule has 0 spiro atoms. The molecule has 368 valence electrons. The van der Waals surface area contributed by atoms with Crippen molar-refractivity contribution in [3.05, 3.63) is 123 Å². The summed E-state index contributed by atoms with van der Waals surface area (Å²) in [5.41, 5.74) is -0.151. The van der Waals surface area contributed by atoms with E-state index in [1.165, 1.54) is 35.6 Å². The van der Waals surface area contributed by atoms with Crippen LogP contribution < -0.4 is 10.6 Å². The molecule has 69 heavy (non-hydrogen) atoms. The molecule has 17 nitrogen and oxygen atoms in total. The van der Waals surface area contributed by atoms with Gasteiger partial charge in [-0.15, -0.1) is 11.3 Å². The first-order valence-corrected chi connectivity index (χ1v) is 23.3. The van der Waals surface area contributed by atoms with Crippen molar-refractivity contribution in [2.45, 2.75) is 124 Å². The van der Waals surface area contributed by atoms with Crippen molar-refractivity contribution < 1.29 is 57.2 Å². The second-order valence-corrected chi connectivity index (χ2v) is 20.3. The van der Waals surface area contributed by atoms with Crippen LogP contribution in [0, 0.1) is 0 Å². The molecule has 0 unspecified atom stereocenters. The van der Waals surface area contributed by atoms with Crippen molar-refractivity contribution in [3.63, 3.8) is 0 Å². The van der Waals surface area contributed by atoms with Crippen molar-refractivity contribution >= 4 is 65.0 Å². The molecule has 3 aromatic carbocycles. The minimum Gasteiger partial charge on any atom is -0.466 e. The molecule has 0 radical (unpaired) electrons. The van der Waals surface area contributed by atoms with Crippen LogP contribution in [0.1, 0.15) is 112 Å². The molecule has 1 atom stereocenters. The number of nitrogens with one attached hydrogen (secondary N) is 2. The number of aliphatic imine (C=N–C) groups is 1. The average molecular weight is 968 g/mol. The van der Waals surface area contributed by atoms with Crippen LogP contribution in [-0.4, -0.2) is 93.8 Å². The summed E-state index contributed by atoms with van der Waals surface area (Å²) in [6.07, 6.45) is -3.39. The standard InChI is InChI=1S/C51H61N5O12S/c1-11-64-41(57)29-38-28-36-30-55(26-25-40(36)69-38)44(59)39(27-32-17-23-37(24-18-32)52-45(60)65-31-33-15-13-12-14-16-33)53-43(58)35-21-19-34(20-22-35)42(54-46(61)66-49(2,3)4)56(47(62)67-50(5,6)7)48(63)68-51(8,9)10/h12-24,28,39H,11,25-27,29-31H2,1-10H3,(H,52,60)(H,53,58)/t39-/m0/s1. The molecule has 0 bridgehead atoms. The largest absolute Gasteiger partial charge is 0.466 e. The number of rotatable bonds is 12. The lowest BCUT2D eigenvalue weighted by molar-refractivity contribution is -0.142. The smallest absolute Gasteiger partial charge is 0.436 e. The van der Waals surface area contributed by atoms with E-state index in [-0.39, 0.29) is 55.6 Å². The van der Waals surface area contributed by atoms with Gasteiger partial charge in [0.15, 0.2) is 5.84 Å². The van der Waals surface area contributed by atoms with E-state index < -0.39 is 59.0 Å². The Hall–Kier alpha value is -7.08. The molecule has 1 aliphatic rings. The maximum absolute atomic E-state index is 14.5. The fraction of sp³-hybridized carbons (Fsp3) is 0.412. The third-order valence-corrected chi connectivity index (χ3v) is 10.9. The van der Waals surface area contributed by atoms with E-state index in [2.05, 4.69) is 15.6 Å². The molecule has 1 aliphatic heterocycles. The van der Waals surface area contributed by atoms with Crippen LogP contribution in [0.2, 0.25) is 0 Å². The van der Waals surface area contributed by atoms with Crippen molar-refractivity contribution in [1.29, 1.82) is 0 Å². The molecule has 2 N–H and O–H groups in total. The summed E-state index contributed by atoms with van der Waals surface area (Å²) in [6, 6.07) is 22.4. The molecule has 4 aromatic rings. The molecule has 6 amide bonds. The molecule has 1 aromatic heterocycles. The fourth-order valence-electron chi connectivity index (χ4n) is 6.77. The first kappa shape index (κ1) is 52.9. The van der Waals surface area contributed by atoms with E-state index >= 15 is 0 Å². The molecule has 5 rings (SSSR count). The predicted octanol–water partition coefficient (Wildman–Crippen LogP) is 9.38. The van der Waals surface area contributed by atoms with E-state index in [0.717, 1.165) is 20.9 Å². The van der Waals surface area contributed by atoms with Gasteiger partial charge in [-0.25, -0.2) is 19.2 Å². The maximum Gasteiger partial charge on any atom is 0.436 e. The minimum atomic E-state index is -1.18. The average Bonchev–Trinajstić information content (AvgIpc) is 3.65. The number of fused-ring (bicyclic) bond motifs is 1. The van der Waals surface area contributed by atoms with E-state index in [1.807, 2.05) is 36.4 Å². The summed E-state index contributed by atoms with van der Waals surface area (Å²) >= 11 is 1.51. The number of hydrogen-bond acceptors (Lipinski definition) is 13. The lowest BCUT2D eigenvalue weighted by Gasteiger charge is -2.31. The second-order valence-electron chi connectivity index (χ2n) is 19.1. The first-order valence-electron chi connectivity index (χ1n) is 22.5. The van der Waals surface area contributed by atoms with Crippen molar-refractivity contribution in [3.8, 4) is 0 Å². The number of nitrogens with zero attached hydrogens (tertiary/aromatic N) is 3. The topological polar surface area (TPSA) is 209 Å². The van der Waals surface area contributed by atoms with Gasteiger partial charge in [0.05, 0.1) is 13.0 Å². The van der Waals surface area contributed by atoms with E-state index in [4.69, 9.17) is 23.7 Å². The number of carbonyl (C=O) groups is 7. The molecule has 2 heterocycles. The van der Waals surface area contributed by atoms with Crippen LogP contribution in [-0.2, 0) is 65.7 Å².